The zero-order valence-electron chi connectivity index (χ0n) is 16.2. The first kappa shape index (κ1) is 22.0. The van der Waals surface area contributed by atoms with Crippen LogP contribution in [0.5, 0.6) is 0 Å². The molecule has 0 aromatic heterocycles. The SMILES string of the molecule is CCOC(=O)CCCCCN1C(=O)/C(=C2/C(=O)N(C)c3ccc(Br)cc32)SC1=S. The Kier molecular flexibility index (Phi) is 7.13. The van der Waals surface area contributed by atoms with Crippen LogP contribution in [0.15, 0.2) is 27.6 Å². The number of ether oxygens (including phenoxy) is 1. The number of thiocarbonyl (C=S) groups is 1. The summed E-state index contributed by atoms with van der Waals surface area (Å²) in [6.45, 7) is 2.64. The van der Waals surface area contributed by atoms with E-state index in [0.29, 0.717) is 40.8 Å². The quantitative estimate of drug-likeness (QED) is 0.244. The fourth-order valence-corrected chi connectivity index (χ4v) is 5.05. The van der Waals surface area contributed by atoms with Crippen molar-refractivity contribution in [1.82, 2.24) is 4.90 Å². The number of unbranched alkanes of at least 4 members (excludes halogenated alkanes) is 2. The van der Waals surface area contributed by atoms with Crippen LogP contribution >= 0.6 is 39.9 Å². The molecule has 0 atom stereocenters. The summed E-state index contributed by atoms with van der Waals surface area (Å²) >= 11 is 10.0. The third kappa shape index (κ3) is 4.57. The molecule has 2 aliphatic heterocycles. The minimum absolute atomic E-state index is 0.198. The number of thioether (sulfide) groups is 1. The van der Waals surface area contributed by atoms with Crippen molar-refractivity contribution in [2.75, 3.05) is 25.1 Å². The van der Waals surface area contributed by atoms with Gasteiger partial charge in [-0.3, -0.25) is 19.3 Å². The first-order chi connectivity index (χ1) is 13.8. The normalized spacial score (nSPS) is 18.7. The standard InChI is InChI=1S/C20H21BrN2O4S2/c1-3-27-15(24)7-5-4-6-10-23-19(26)17(29-20(23)28)16-13-11-12(21)8-9-14(13)22(2)18(16)25/h8-9,11H,3-7,10H2,1-2H3/b17-16-. The molecule has 0 aliphatic carbocycles. The summed E-state index contributed by atoms with van der Waals surface area (Å²) in [6, 6.07) is 5.58. The zero-order valence-corrected chi connectivity index (χ0v) is 19.4. The van der Waals surface area contributed by atoms with E-state index in [1.54, 1.807) is 23.8 Å². The second kappa shape index (κ2) is 9.40. The molecule has 154 valence electrons. The second-order valence-corrected chi connectivity index (χ2v) is 9.23. The Bertz CT molecular complexity index is 916. The second-order valence-electron chi connectivity index (χ2n) is 6.67. The fraction of sp³-hybridized carbons (Fsp3) is 0.400. The third-order valence-corrected chi connectivity index (χ3v) is 6.69. The summed E-state index contributed by atoms with van der Waals surface area (Å²) in [7, 11) is 1.70. The van der Waals surface area contributed by atoms with Crippen LogP contribution in [0.4, 0.5) is 5.69 Å². The largest absolute Gasteiger partial charge is 0.466 e. The van der Waals surface area contributed by atoms with Gasteiger partial charge in [-0.15, -0.1) is 0 Å². The summed E-state index contributed by atoms with van der Waals surface area (Å²) in [5.74, 6) is -0.625. The van der Waals surface area contributed by atoms with Gasteiger partial charge in [0.1, 0.15) is 4.32 Å². The summed E-state index contributed by atoms with van der Waals surface area (Å²) in [5.41, 5.74) is 1.92. The Labute approximate surface area is 187 Å². The number of hydrogen-bond donors (Lipinski definition) is 0. The summed E-state index contributed by atoms with van der Waals surface area (Å²) < 4.78 is 6.21. The molecule has 0 bridgehead atoms. The van der Waals surface area contributed by atoms with Crippen molar-refractivity contribution in [3.63, 3.8) is 0 Å². The number of amides is 2. The van der Waals surface area contributed by atoms with E-state index in [0.717, 1.165) is 28.6 Å². The van der Waals surface area contributed by atoms with Crippen molar-refractivity contribution in [3.05, 3.63) is 33.1 Å². The molecule has 0 spiro atoms. The van der Waals surface area contributed by atoms with Gasteiger partial charge in [0.2, 0.25) is 0 Å². The maximum atomic E-state index is 13.0. The number of rotatable bonds is 7. The van der Waals surface area contributed by atoms with Crippen molar-refractivity contribution < 1.29 is 19.1 Å². The highest BCUT2D eigenvalue weighted by molar-refractivity contribution is 9.10. The fourth-order valence-electron chi connectivity index (χ4n) is 3.30. The number of fused-ring (bicyclic) bond motifs is 1. The van der Waals surface area contributed by atoms with E-state index in [1.165, 1.54) is 11.8 Å². The van der Waals surface area contributed by atoms with Gasteiger partial charge in [-0.25, -0.2) is 0 Å². The minimum Gasteiger partial charge on any atom is -0.466 e. The van der Waals surface area contributed by atoms with Crippen LogP contribution in [-0.2, 0) is 19.1 Å². The Morgan fingerprint density at radius 2 is 1.97 bits per heavy atom. The van der Waals surface area contributed by atoms with Gasteiger partial charge in [-0.2, -0.15) is 0 Å². The van der Waals surface area contributed by atoms with E-state index in [-0.39, 0.29) is 17.8 Å². The maximum absolute atomic E-state index is 13.0. The van der Waals surface area contributed by atoms with Crippen molar-refractivity contribution in [3.8, 4) is 0 Å². The van der Waals surface area contributed by atoms with Crippen molar-refractivity contribution in [2.45, 2.75) is 32.6 Å². The highest BCUT2D eigenvalue weighted by atomic mass is 79.9. The molecule has 1 aromatic rings. The van der Waals surface area contributed by atoms with E-state index in [1.807, 2.05) is 18.2 Å². The van der Waals surface area contributed by atoms with E-state index < -0.39 is 0 Å². The summed E-state index contributed by atoms with van der Waals surface area (Å²) in [6.07, 6.45) is 2.60. The van der Waals surface area contributed by atoms with E-state index >= 15 is 0 Å². The third-order valence-electron chi connectivity index (χ3n) is 4.75. The minimum atomic E-state index is -0.227. The molecule has 0 saturated carbocycles. The van der Waals surface area contributed by atoms with Crippen molar-refractivity contribution in [1.29, 1.82) is 0 Å². The lowest BCUT2D eigenvalue weighted by atomic mass is 10.1. The van der Waals surface area contributed by atoms with Gasteiger partial charge in [0, 0.05) is 30.0 Å². The molecule has 0 N–H and O–H groups in total. The van der Waals surface area contributed by atoms with Gasteiger partial charge in [0.05, 0.1) is 22.8 Å². The number of anilines is 1. The van der Waals surface area contributed by atoms with Crippen molar-refractivity contribution in [2.24, 2.45) is 0 Å². The number of benzene rings is 1. The zero-order chi connectivity index (χ0) is 21.1. The van der Waals surface area contributed by atoms with Gasteiger partial charge >= 0.3 is 5.97 Å². The lowest BCUT2D eigenvalue weighted by molar-refractivity contribution is -0.143. The van der Waals surface area contributed by atoms with E-state index in [4.69, 9.17) is 17.0 Å². The van der Waals surface area contributed by atoms with Crippen LogP contribution in [0.3, 0.4) is 0 Å². The number of halogens is 1. The van der Waals surface area contributed by atoms with Crippen LogP contribution in [0, 0.1) is 0 Å². The number of carbonyl (C=O) groups is 3. The molecule has 1 aromatic carbocycles. The Hall–Kier alpha value is -1.71. The van der Waals surface area contributed by atoms with Gasteiger partial charge in [0.15, 0.2) is 0 Å². The molecular formula is C20H21BrN2O4S2. The smallest absolute Gasteiger partial charge is 0.305 e. The average Bonchev–Trinajstić information content (AvgIpc) is 3.08. The van der Waals surface area contributed by atoms with Gasteiger partial charge < -0.3 is 9.64 Å². The highest BCUT2D eigenvalue weighted by Gasteiger charge is 2.40. The van der Waals surface area contributed by atoms with E-state index in [2.05, 4.69) is 15.9 Å². The molecule has 9 heteroatoms. The number of nitrogens with zero attached hydrogens (tertiary/aromatic N) is 2. The summed E-state index contributed by atoms with van der Waals surface area (Å²) in [4.78, 5) is 40.7. The molecule has 6 nitrogen and oxygen atoms in total. The molecular weight excluding hydrogens is 476 g/mol. The number of esters is 1. The van der Waals surface area contributed by atoms with Gasteiger partial charge in [-0.05, 0) is 38.0 Å². The predicted molar refractivity (Wildman–Crippen MR) is 121 cm³/mol. The van der Waals surface area contributed by atoms with Crippen LogP contribution in [-0.4, -0.2) is 47.2 Å². The molecule has 29 heavy (non-hydrogen) atoms. The molecule has 1 fully saturated rings. The first-order valence-corrected chi connectivity index (χ1v) is 11.4. The van der Waals surface area contributed by atoms with Crippen molar-refractivity contribution >= 4 is 73.3 Å². The molecule has 3 rings (SSSR count). The summed E-state index contributed by atoms with van der Waals surface area (Å²) in [5, 5.41) is 0. The van der Waals surface area contributed by atoms with Crippen LogP contribution < -0.4 is 4.90 Å². The average molecular weight is 497 g/mol. The Balaban J connectivity index is 1.70. The molecule has 0 radical (unpaired) electrons. The van der Waals surface area contributed by atoms with Gasteiger partial charge in [-0.1, -0.05) is 46.3 Å². The number of carbonyl (C=O) groups excluding carboxylic acids is 3. The molecule has 1 saturated heterocycles. The number of hydrogen-bond acceptors (Lipinski definition) is 6. The Morgan fingerprint density at radius 3 is 2.69 bits per heavy atom. The predicted octanol–water partition coefficient (Wildman–Crippen LogP) is 4.12. The lowest BCUT2D eigenvalue weighted by Gasteiger charge is -2.14. The Morgan fingerprint density at radius 1 is 1.21 bits per heavy atom. The monoisotopic (exact) mass is 496 g/mol. The lowest BCUT2D eigenvalue weighted by Crippen LogP contribution is -2.29. The number of likely N-dealkylation sites (N-methyl/N-ethyl adjacent to an activating group) is 1. The maximum Gasteiger partial charge on any atom is 0.305 e. The molecule has 2 heterocycles. The van der Waals surface area contributed by atoms with Crippen LogP contribution in [0.2, 0.25) is 0 Å². The van der Waals surface area contributed by atoms with Gasteiger partial charge in [0.25, 0.3) is 11.8 Å². The molecule has 2 aliphatic rings. The molecule has 2 amide bonds. The topological polar surface area (TPSA) is 66.9 Å². The highest BCUT2D eigenvalue weighted by Crippen LogP contribution is 2.44. The molecule has 0 unspecified atom stereocenters. The first-order valence-electron chi connectivity index (χ1n) is 9.36. The van der Waals surface area contributed by atoms with Crippen LogP contribution in [0.1, 0.15) is 38.2 Å². The van der Waals surface area contributed by atoms with Crippen LogP contribution in [0.25, 0.3) is 5.57 Å². The van der Waals surface area contributed by atoms with E-state index in [9.17, 15) is 14.4 Å².